The number of halogens is 4. The van der Waals surface area contributed by atoms with Crippen LogP contribution in [-0.2, 0) is 6.18 Å². The Hall–Kier alpha value is -3.67. The number of nitrogens with one attached hydrogen (secondary N) is 3. The predicted molar refractivity (Wildman–Crippen MR) is 111 cm³/mol. The monoisotopic (exact) mass is 467 g/mol. The van der Waals surface area contributed by atoms with Crippen molar-refractivity contribution in [3.05, 3.63) is 59.2 Å². The molecule has 3 rings (SSSR count). The quantitative estimate of drug-likeness (QED) is 0.388. The van der Waals surface area contributed by atoms with Gasteiger partial charge in [-0.15, -0.1) is 0 Å². The molecule has 12 heteroatoms. The average Bonchev–Trinajstić information content (AvgIpc) is 3.20. The van der Waals surface area contributed by atoms with Gasteiger partial charge in [0.2, 0.25) is 11.8 Å². The molecule has 0 aliphatic carbocycles. The van der Waals surface area contributed by atoms with Crippen molar-refractivity contribution in [2.24, 2.45) is 0 Å². The summed E-state index contributed by atoms with van der Waals surface area (Å²) in [6, 6.07) is 1.95. The summed E-state index contributed by atoms with van der Waals surface area (Å²) >= 11 is 0. The van der Waals surface area contributed by atoms with Crippen molar-refractivity contribution in [3.8, 4) is 17.1 Å². The minimum absolute atomic E-state index is 0.0254. The van der Waals surface area contributed by atoms with Crippen LogP contribution in [0.5, 0.6) is 5.88 Å². The number of ether oxygens (including phenoxy) is 1. The van der Waals surface area contributed by atoms with Crippen LogP contribution >= 0.6 is 0 Å². The van der Waals surface area contributed by atoms with Gasteiger partial charge in [0.15, 0.2) is 0 Å². The van der Waals surface area contributed by atoms with Gasteiger partial charge in [-0.2, -0.15) is 13.2 Å². The lowest BCUT2D eigenvalue weighted by atomic mass is 10.0. The van der Waals surface area contributed by atoms with E-state index in [9.17, 15) is 27.5 Å². The molecule has 1 aromatic carbocycles. The fourth-order valence-corrected chi connectivity index (χ4v) is 3.03. The molecule has 1 atom stereocenters. The summed E-state index contributed by atoms with van der Waals surface area (Å²) in [5.74, 6) is -0.698. The van der Waals surface area contributed by atoms with Crippen molar-refractivity contribution >= 4 is 12.0 Å². The number of nitrogens with zero attached hydrogens (tertiary/aromatic N) is 2. The van der Waals surface area contributed by atoms with Crippen LogP contribution in [0.4, 0.5) is 28.3 Å². The maximum Gasteiger partial charge on any atom is 0.416 e. The number of aliphatic hydroxyl groups excluding tert-OH is 1. The van der Waals surface area contributed by atoms with Gasteiger partial charge in [0, 0.05) is 30.6 Å². The van der Waals surface area contributed by atoms with Crippen LogP contribution in [0.15, 0.2) is 36.7 Å². The van der Waals surface area contributed by atoms with Gasteiger partial charge in [-0.3, -0.25) is 0 Å². The summed E-state index contributed by atoms with van der Waals surface area (Å²) in [6.45, 7) is 3.56. The number of carbonyl (C=O) groups excluding carboxylic acids is 1. The molecule has 0 saturated carbocycles. The zero-order chi connectivity index (χ0) is 24.2. The Morgan fingerprint density at radius 2 is 2.03 bits per heavy atom. The molecule has 2 heterocycles. The van der Waals surface area contributed by atoms with Gasteiger partial charge in [-0.25, -0.2) is 19.2 Å². The molecule has 0 aliphatic rings. The summed E-state index contributed by atoms with van der Waals surface area (Å²) < 4.78 is 57.6. The highest BCUT2D eigenvalue weighted by atomic mass is 19.4. The highest BCUT2D eigenvalue weighted by Gasteiger charge is 2.32. The maximum atomic E-state index is 13.7. The minimum atomic E-state index is -4.79. The van der Waals surface area contributed by atoms with Crippen molar-refractivity contribution in [1.29, 1.82) is 0 Å². The van der Waals surface area contributed by atoms with Crippen molar-refractivity contribution < 1.29 is 32.2 Å². The van der Waals surface area contributed by atoms with Gasteiger partial charge < -0.3 is 25.5 Å². The summed E-state index contributed by atoms with van der Waals surface area (Å²) in [7, 11) is 0. The van der Waals surface area contributed by atoms with E-state index < -0.39 is 36.3 Å². The number of carbonyl (C=O) groups is 1. The molecule has 0 spiro atoms. The minimum Gasteiger partial charge on any atom is -0.394 e. The van der Waals surface area contributed by atoms with Crippen LogP contribution in [0.1, 0.15) is 29.7 Å². The zero-order valence-electron chi connectivity index (χ0n) is 17.6. The third-order valence-corrected chi connectivity index (χ3v) is 4.56. The molecule has 0 bridgehead atoms. The maximum absolute atomic E-state index is 13.7. The van der Waals surface area contributed by atoms with Crippen LogP contribution in [0.2, 0.25) is 0 Å². The van der Waals surface area contributed by atoms with E-state index in [4.69, 9.17) is 4.74 Å². The standard InChI is InChI=1S/C21H21F4N5O3/c1-3-26-19-28-8-11(2)18(30-19)13-6-17(27-9-13)33-20(32)29-16(10-31)12-4-14(21(23,24)25)7-15(22)5-12/h4-9,16,27,31H,3,10H2,1-2H3,(H,29,32)(H,26,28,30). The largest absolute Gasteiger partial charge is 0.416 e. The van der Waals surface area contributed by atoms with E-state index >= 15 is 0 Å². The third-order valence-electron chi connectivity index (χ3n) is 4.56. The number of hydrogen-bond acceptors (Lipinski definition) is 6. The summed E-state index contributed by atoms with van der Waals surface area (Å²) in [5, 5.41) is 14.7. The van der Waals surface area contributed by atoms with Crippen LogP contribution in [0, 0.1) is 12.7 Å². The first-order valence-electron chi connectivity index (χ1n) is 9.84. The summed E-state index contributed by atoms with van der Waals surface area (Å²) in [4.78, 5) is 23.6. The van der Waals surface area contributed by atoms with Crippen LogP contribution in [-0.4, -0.2) is 39.3 Å². The highest BCUT2D eigenvalue weighted by molar-refractivity contribution is 5.72. The van der Waals surface area contributed by atoms with Gasteiger partial charge >= 0.3 is 12.3 Å². The molecule has 8 nitrogen and oxygen atoms in total. The molecule has 176 valence electrons. The number of rotatable bonds is 7. The van der Waals surface area contributed by atoms with Crippen LogP contribution in [0.25, 0.3) is 11.3 Å². The Balaban J connectivity index is 1.73. The van der Waals surface area contributed by atoms with E-state index in [2.05, 4.69) is 25.6 Å². The normalized spacial score (nSPS) is 12.3. The lowest BCUT2D eigenvalue weighted by Gasteiger charge is -2.18. The Labute approximate surface area is 186 Å². The lowest BCUT2D eigenvalue weighted by Crippen LogP contribution is -2.33. The number of amides is 1. The second-order valence-corrected chi connectivity index (χ2v) is 7.05. The van der Waals surface area contributed by atoms with Crippen molar-refractivity contribution in [3.63, 3.8) is 0 Å². The Kier molecular flexibility index (Phi) is 7.16. The third kappa shape index (κ3) is 5.98. The number of benzene rings is 1. The van der Waals surface area contributed by atoms with Crippen molar-refractivity contribution in [2.75, 3.05) is 18.5 Å². The second kappa shape index (κ2) is 9.86. The average molecular weight is 467 g/mol. The van der Waals surface area contributed by atoms with Crippen molar-refractivity contribution in [2.45, 2.75) is 26.1 Å². The number of aryl methyl sites for hydroxylation is 1. The molecule has 4 N–H and O–H groups in total. The van der Waals surface area contributed by atoms with E-state index in [0.29, 0.717) is 35.9 Å². The molecule has 0 fully saturated rings. The van der Waals surface area contributed by atoms with Crippen molar-refractivity contribution in [1.82, 2.24) is 20.3 Å². The SMILES string of the molecule is CCNc1ncc(C)c(-c2c[nH]c(OC(=O)NC(CO)c3cc(F)cc(C(F)(F)F)c3)c2)n1. The molecule has 33 heavy (non-hydrogen) atoms. The zero-order valence-corrected chi connectivity index (χ0v) is 17.6. The molecule has 1 amide bonds. The number of anilines is 1. The first-order chi connectivity index (χ1) is 15.6. The van der Waals surface area contributed by atoms with Gasteiger partial charge in [0.1, 0.15) is 5.82 Å². The Bertz CT molecular complexity index is 1130. The van der Waals surface area contributed by atoms with E-state index in [1.165, 1.54) is 6.07 Å². The number of aliphatic hydroxyl groups is 1. The fraction of sp³-hybridized carbons (Fsp3) is 0.286. The summed E-state index contributed by atoms with van der Waals surface area (Å²) in [6.07, 6.45) is -2.66. The molecule has 0 aliphatic heterocycles. The molecular formula is C21H21F4N5O3. The molecular weight excluding hydrogens is 446 g/mol. The van der Waals surface area contributed by atoms with Gasteiger partial charge in [0.05, 0.1) is 23.9 Å². The smallest absolute Gasteiger partial charge is 0.394 e. The molecule has 2 aromatic heterocycles. The van der Waals surface area contributed by atoms with E-state index in [1.54, 1.807) is 12.4 Å². The Morgan fingerprint density at radius 3 is 2.70 bits per heavy atom. The lowest BCUT2D eigenvalue weighted by molar-refractivity contribution is -0.137. The van der Waals surface area contributed by atoms with Crippen LogP contribution in [0.3, 0.4) is 0 Å². The number of aromatic amines is 1. The number of hydrogen-bond donors (Lipinski definition) is 4. The molecule has 0 saturated heterocycles. The van der Waals surface area contributed by atoms with E-state index in [-0.39, 0.29) is 11.4 Å². The number of alkyl halides is 3. The van der Waals surface area contributed by atoms with Crippen LogP contribution < -0.4 is 15.4 Å². The molecule has 3 aromatic rings. The summed E-state index contributed by atoms with van der Waals surface area (Å²) in [5.41, 5.74) is 0.480. The van der Waals surface area contributed by atoms with E-state index in [0.717, 1.165) is 11.6 Å². The molecule has 0 radical (unpaired) electrons. The first-order valence-corrected chi connectivity index (χ1v) is 9.84. The number of H-pyrrole nitrogens is 1. The Morgan fingerprint density at radius 1 is 1.27 bits per heavy atom. The topological polar surface area (TPSA) is 112 Å². The predicted octanol–water partition coefficient (Wildman–Crippen LogP) is 4.19. The molecule has 1 unspecified atom stereocenters. The highest BCUT2D eigenvalue weighted by Crippen LogP contribution is 2.32. The van der Waals surface area contributed by atoms with Gasteiger partial charge in [0.25, 0.3) is 0 Å². The van der Waals surface area contributed by atoms with E-state index in [1.807, 2.05) is 13.8 Å². The second-order valence-electron chi connectivity index (χ2n) is 7.05. The fourth-order valence-electron chi connectivity index (χ4n) is 3.03. The first kappa shape index (κ1) is 24.0. The number of aromatic nitrogens is 3. The van der Waals surface area contributed by atoms with Gasteiger partial charge in [-0.05, 0) is 43.2 Å². The van der Waals surface area contributed by atoms with Gasteiger partial charge in [-0.1, -0.05) is 0 Å².